The number of carboxylic acid groups (broad SMARTS) is 1. The standard InChI is InChI=1S/C32H28N4O4/c1-2-39-25-10-6-9-24(16-25)30(22-7-4-3-5-8-22)36-31-27-14-12-26(40-19-21-17-33-20-34-18-21)15-23(27)11-13-28(31)29(35-36)32(37)38/h3-10,12,14-18,20,30H,2,11,13,19H2,1H3,(H,37,38). The second-order valence-corrected chi connectivity index (χ2v) is 9.60. The molecule has 1 aliphatic carbocycles. The van der Waals surface area contributed by atoms with E-state index in [0.717, 1.165) is 50.6 Å². The normalized spacial score (nSPS) is 12.7. The number of fused-ring (bicyclic) bond motifs is 3. The zero-order chi connectivity index (χ0) is 27.5. The highest BCUT2D eigenvalue weighted by Crippen LogP contribution is 2.41. The molecule has 5 aromatic rings. The van der Waals surface area contributed by atoms with Crippen molar-refractivity contribution in [3.8, 4) is 22.8 Å². The number of rotatable bonds is 9. The largest absolute Gasteiger partial charge is 0.494 e. The van der Waals surface area contributed by atoms with Crippen LogP contribution in [-0.2, 0) is 19.4 Å². The molecule has 40 heavy (non-hydrogen) atoms. The van der Waals surface area contributed by atoms with Crippen molar-refractivity contribution in [1.29, 1.82) is 0 Å². The summed E-state index contributed by atoms with van der Waals surface area (Å²) < 4.78 is 13.7. The van der Waals surface area contributed by atoms with Gasteiger partial charge in [0.2, 0.25) is 0 Å². The Balaban J connectivity index is 1.47. The molecule has 0 saturated carbocycles. The van der Waals surface area contributed by atoms with E-state index in [2.05, 4.69) is 9.97 Å². The molecule has 0 spiro atoms. The molecule has 6 rings (SSSR count). The van der Waals surface area contributed by atoms with Crippen molar-refractivity contribution in [3.05, 3.63) is 125 Å². The van der Waals surface area contributed by atoms with Gasteiger partial charge in [0.1, 0.15) is 30.5 Å². The minimum atomic E-state index is -1.03. The number of hydrogen-bond acceptors (Lipinski definition) is 6. The minimum Gasteiger partial charge on any atom is -0.494 e. The van der Waals surface area contributed by atoms with Crippen LogP contribution in [0.2, 0.25) is 0 Å². The van der Waals surface area contributed by atoms with Gasteiger partial charge in [0.05, 0.1) is 12.3 Å². The van der Waals surface area contributed by atoms with Crippen molar-refractivity contribution < 1.29 is 19.4 Å². The van der Waals surface area contributed by atoms with Crippen LogP contribution in [0.4, 0.5) is 0 Å². The first kappa shape index (κ1) is 25.3. The highest BCUT2D eigenvalue weighted by atomic mass is 16.5. The third kappa shape index (κ3) is 4.91. The molecule has 8 heteroatoms. The van der Waals surface area contributed by atoms with Crippen molar-refractivity contribution in [3.63, 3.8) is 0 Å². The smallest absolute Gasteiger partial charge is 0.356 e. The van der Waals surface area contributed by atoms with Gasteiger partial charge in [-0.25, -0.2) is 14.8 Å². The highest BCUT2D eigenvalue weighted by Gasteiger charge is 2.32. The molecule has 0 bridgehead atoms. The van der Waals surface area contributed by atoms with E-state index in [1.165, 1.54) is 6.33 Å². The Morgan fingerprint density at radius 2 is 1.70 bits per heavy atom. The lowest BCUT2D eigenvalue weighted by atomic mass is 9.88. The SMILES string of the molecule is CCOc1cccc(C(c2ccccc2)n2nc(C(=O)O)c3c2-c2ccc(OCc4cncnc4)cc2CC3)c1. The summed E-state index contributed by atoms with van der Waals surface area (Å²) in [4.78, 5) is 20.5. The van der Waals surface area contributed by atoms with E-state index >= 15 is 0 Å². The van der Waals surface area contributed by atoms with E-state index < -0.39 is 5.97 Å². The zero-order valence-corrected chi connectivity index (χ0v) is 22.0. The van der Waals surface area contributed by atoms with Crippen molar-refractivity contribution in [2.45, 2.75) is 32.4 Å². The fourth-order valence-electron chi connectivity index (χ4n) is 5.33. The number of aryl methyl sites for hydroxylation is 1. The van der Waals surface area contributed by atoms with Crippen LogP contribution in [0.1, 0.15) is 51.3 Å². The Kier molecular flexibility index (Phi) is 6.97. The van der Waals surface area contributed by atoms with Crippen LogP contribution in [0.5, 0.6) is 11.5 Å². The molecule has 1 atom stereocenters. The summed E-state index contributed by atoms with van der Waals surface area (Å²) in [6, 6.07) is 23.5. The number of aromatic carboxylic acids is 1. The minimum absolute atomic E-state index is 0.0898. The quantitative estimate of drug-likeness (QED) is 0.258. The molecule has 1 aliphatic rings. The molecular weight excluding hydrogens is 504 g/mol. The van der Waals surface area contributed by atoms with Gasteiger partial charge in [0.25, 0.3) is 0 Å². The Morgan fingerprint density at radius 1 is 0.925 bits per heavy atom. The molecule has 0 aliphatic heterocycles. The monoisotopic (exact) mass is 532 g/mol. The number of carbonyl (C=O) groups is 1. The predicted molar refractivity (Wildman–Crippen MR) is 150 cm³/mol. The van der Waals surface area contributed by atoms with Gasteiger partial charge < -0.3 is 14.6 Å². The van der Waals surface area contributed by atoms with Gasteiger partial charge in [0.15, 0.2) is 5.69 Å². The van der Waals surface area contributed by atoms with Crippen LogP contribution < -0.4 is 9.47 Å². The third-order valence-corrected chi connectivity index (χ3v) is 7.05. The molecule has 8 nitrogen and oxygen atoms in total. The van der Waals surface area contributed by atoms with Crippen LogP contribution in [0.25, 0.3) is 11.3 Å². The van der Waals surface area contributed by atoms with Gasteiger partial charge in [-0.1, -0.05) is 42.5 Å². The lowest BCUT2D eigenvalue weighted by Crippen LogP contribution is -2.17. The Hall–Kier alpha value is -4.98. The van der Waals surface area contributed by atoms with Crippen LogP contribution in [-0.4, -0.2) is 37.4 Å². The van der Waals surface area contributed by atoms with Crippen LogP contribution in [0.15, 0.2) is 91.5 Å². The topological polar surface area (TPSA) is 99.4 Å². The molecule has 2 heterocycles. The summed E-state index contributed by atoms with van der Waals surface area (Å²) in [5.74, 6) is 0.462. The summed E-state index contributed by atoms with van der Waals surface area (Å²) in [5, 5.41) is 14.9. The number of ether oxygens (including phenoxy) is 2. The first-order valence-corrected chi connectivity index (χ1v) is 13.2. The molecule has 1 unspecified atom stereocenters. The molecule has 0 saturated heterocycles. The molecule has 200 valence electrons. The molecule has 0 fully saturated rings. The lowest BCUT2D eigenvalue weighted by Gasteiger charge is -2.25. The van der Waals surface area contributed by atoms with Gasteiger partial charge in [-0.3, -0.25) is 4.68 Å². The fourth-order valence-corrected chi connectivity index (χ4v) is 5.33. The summed E-state index contributed by atoms with van der Waals surface area (Å²) in [7, 11) is 0. The predicted octanol–water partition coefficient (Wildman–Crippen LogP) is 5.75. The van der Waals surface area contributed by atoms with Gasteiger partial charge in [-0.2, -0.15) is 5.10 Å². The Bertz CT molecular complexity index is 1650. The van der Waals surface area contributed by atoms with Crippen molar-refractivity contribution in [2.24, 2.45) is 0 Å². The number of carboxylic acids is 1. The average molecular weight is 533 g/mol. The molecule has 1 N–H and O–H groups in total. The van der Waals surface area contributed by atoms with Crippen LogP contribution >= 0.6 is 0 Å². The first-order valence-electron chi connectivity index (χ1n) is 13.2. The lowest BCUT2D eigenvalue weighted by molar-refractivity contribution is 0.0688. The molecule has 2 aromatic heterocycles. The van der Waals surface area contributed by atoms with Crippen LogP contribution in [0, 0.1) is 0 Å². The second-order valence-electron chi connectivity index (χ2n) is 9.60. The van der Waals surface area contributed by atoms with Gasteiger partial charge >= 0.3 is 5.97 Å². The molecule has 0 amide bonds. The summed E-state index contributed by atoms with van der Waals surface area (Å²) in [6.45, 7) is 2.86. The van der Waals surface area contributed by atoms with Crippen molar-refractivity contribution >= 4 is 5.97 Å². The van der Waals surface area contributed by atoms with E-state index in [0.29, 0.717) is 26.1 Å². The highest BCUT2D eigenvalue weighted by molar-refractivity contribution is 5.91. The van der Waals surface area contributed by atoms with E-state index in [4.69, 9.17) is 14.6 Å². The zero-order valence-electron chi connectivity index (χ0n) is 22.0. The number of aromatic nitrogens is 4. The molecule has 3 aromatic carbocycles. The maximum Gasteiger partial charge on any atom is 0.356 e. The third-order valence-electron chi connectivity index (χ3n) is 7.05. The summed E-state index contributed by atoms with van der Waals surface area (Å²) in [5.41, 5.74) is 6.53. The van der Waals surface area contributed by atoms with E-state index in [9.17, 15) is 9.90 Å². The fraction of sp³-hybridized carbons (Fsp3) is 0.188. The van der Waals surface area contributed by atoms with E-state index in [1.54, 1.807) is 12.4 Å². The Labute approximate surface area is 231 Å². The van der Waals surface area contributed by atoms with Gasteiger partial charge in [-0.15, -0.1) is 0 Å². The summed E-state index contributed by atoms with van der Waals surface area (Å²) >= 11 is 0. The number of benzene rings is 3. The van der Waals surface area contributed by atoms with Gasteiger partial charge in [0, 0.05) is 29.1 Å². The Morgan fingerprint density at radius 3 is 2.48 bits per heavy atom. The van der Waals surface area contributed by atoms with E-state index in [-0.39, 0.29) is 11.7 Å². The number of hydrogen-bond donors (Lipinski definition) is 1. The molecular formula is C32H28N4O4. The van der Waals surface area contributed by atoms with Crippen molar-refractivity contribution in [2.75, 3.05) is 6.61 Å². The maximum absolute atomic E-state index is 12.4. The number of nitrogens with zero attached hydrogens (tertiary/aromatic N) is 4. The van der Waals surface area contributed by atoms with Crippen LogP contribution in [0.3, 0.4) is 0 Å². The van der Waals surface area contributed by atoms with Gasteiger partial charge in [-0.05, 0) is 66.8 Å². The average Bonchev–Trinajstić information content (AvgIpc) is 3.38. The van der Waals surface area contributed by atoms with E-state index in [1.807, 2.05) is 84.4 Å². The van der Waals surface area contributed by atoms with Crippen molar-refractivity contribution in [1.82, 2.24) is 19.7 Å². The maximum atomic E-state index is 12.4. The first-order chi connectivity index (χ1) is 19.6. The summed E-state index contributed by atoms with van der Waals surface area (Å²) in [6.07, 6.45) is 6.21. The second kappa shape index (κ2) is 11.0. The molecule has 0 radical (unpaired) electrons.